The van der Waals surface area contributed by atoms with Crippen LogP contribution in [0, 0.1) is 5.82 Å². The van der Waals surface area contributed by atoms with Crippen molar-refractivity contribution < 1.29 is 4.39 Å². The third-order valence-electron chi connectivity index (χ3n) is 4.26. The lowest BCUT2D eigenvalue weighted by Crippen LogP contribution is -2.13. The van der Waals surface area contributed by atoms with E-state index in [4.69, 9.17) is 17.4 Å². The molecule has 0 aliphatic heterocycles. The summed E-state index contributed by atoms with van der Waals surface area (Å²) < 4.78 is 14.3. The van der Waals surface area contributed by atoms with Crippen LogP contribution < -0.4 is 16.6 Å². The standard InChI is InChI=1S/C20H20ClFN6/c1-4-13-19(25-10-26-20(13)28-23)27-18-8-17(24-9-15(18)11(2)3)14-7-12(21)5-6-16(14)22/h5-10H,2,4,23H2,1,3H3,(H2,24,25,26,27,28). The molecular formula is C20H20ClFN6. The van der Waals surface area contributed by atoms with Crippen LogP contribution in [-0.2, 0) is 6.42 Å². The van der Waals surface area contributed by atoms with Gasteiger partial charge < -0.3 is 10.7 Å². The van der Waals surface area contributed by atoms with Gasteiger partial charge in [-0.15, -0.1) is 0 Å². The summed E-state index contributed by atoms with van der Waals surface area (Å²) in [7, 11) is 0. The number of nitrogens with zero attached hydrogens (tertiary/aromatic N) is 3. The zero-order valence-electron chi connectivity index (χ0n) is 15.6. The van der Waals surface area contributed by atoms with Gasteiger partial charge in [-0.25, -0.2) is 20.2 Å². The number of nitrogen functional groups attached to an aromatic ring is 1. The molecule has 4 N–H and O–H groups in total. The fourth-order valence-corrected chi connectivity index (χ4v) is 3.02. The number of halogens is 2. The molecule has 0 aliphatic rings. The molecule has 1 aromatic carbocycles. The summed E-state index contributed by atoms with van der Waals surface area (Å²) in [6.07, 6.45) is 3.72. The molecule has 8 heteroatoms. The summed E-state index contributed by atoms with van der Waals surface area (Å²) in [6, 6.07) is 6.10. The Balaban J connectivity index is 2.12. The molecule has 0 fully saturated rings. The van der Waals surface area contributed by atoms with Crippen LogP contribution in [0.2, 0.25) is 5.02 Å². The second kappa shape index (κ2) is 8.33. The van der Waals surface area contributed by atoms with Crippen molar-refractivity contribution in [3.05, 3.63) is 65.3 Å². The van der Waals surface area contributed by atoms with E-state index in [1.165, 1.54) is 18.5 Å². The van der Waals surface area contributed by atoms with Crippen molar-refractivity contribution in [2.75, 3.05) is 10.7 Å². The maximum absolute atomic E-state index is 14.3. The molecule has 0 spiro atoms. The lowest BCUT2D eigenvalue weighted by atomic mass is 10.0. The number of allylic oxidation sites excluding steroid dienone is 1. The maximum atomic E-state index is 14.3. The Labute approximate surface area is 167 Å². The van der Waals surface area contributed by atoms with Crippen LogP contribution in [0.15, 0.2) is 43.4 Å². The van der Waals surface area contributed by atoms with E-state index in [2.05, 4.69) is 32.3 Å². The molecule has 0 aliphatic carbocycles. The topological polar surface area (TPSA) is 88.8 Å². The summed E-state index contributed by atoms with van der Waals surface area (Å²) >= 11 is 6.03. The molecule has 0 atom stereocenters. The molecule has 0 bridgehead atoms. The number of hydrogen-bond donors (Lipinski definition) is 3. The largest absolute Gasteiger partial charge is 0.339 e. The number of hydrogen-bond acceptors (Lipinski definition) is 6. The third-order valence-corrected chi connectivity index (χ3v) is 4.49. The van der Waals surface area contributed by atoms with Crippen molar-refractivity contribution in [2.45, 2.75) is 20.3 Å². The Kier molecular flexibility index (Phi) is 5.87. The quantitative estimate of drug-likeness (QED) is 0.402. The van der Waals surface area contributed by atoms with Gasteiger partial charge in [-0.1, -0.05) is 25.1 Å². The molecule has 3 rings (SSSR count). The zero-order chi connectivity index (χ0) is 20.3. The Morgan fingerprint density at radius 2 is 1.96 bits per heavy atom. The zero-order valence-corrected chi connectivity index (χ0v) is 16.3. The van der Waals surface area contributed by atoms with Crippen molar-refractivity contribution in [3.63, 3.8) is 0 Å². The summed E-state index contributed by atoms with van der Waals surface area (Å²) in [5, 5.41) is 3.72. The highest BCUT2D eigenvalue weighted by Crippen LogP contribution is 2.32. The number of hydrazine groups is 1. The molecule has 0 radical (unpaired) electrons. The first kappa shape index (κ1) is 19.7. The molecule has 144 valence electrons. The van der Waals surface area contributed by atoms with Gasteiger partial charge in [0, 0.05) is 27.9 Å². The number of nitrogens with one attached hydrogen (secondary N) is 2. The van der Waals surface area contributed by atoms with Crippen molar-refractivity contribution in [2.24, 2.45) is 5.84 Å². The average molecular weight is 399 g/mol. The maximum Gasteiger partial charge on any atom is 0.148 e. The predicted molar refractivity (Wildman–Crippen MR) is 112 cm³/mol. The van der Waals surface area contributed by atoms with Gasteiger partial charge in [-0.3, -0.25) is 4.98 Å². The molecule has 0 unspecified atom stereocenters. The van der Waals surface area contributed by atoms with Gasteiger partial charge in [0.15, 0.2) is 0 Å². The Morgan fingerprint density at radius 3 is 2.64 bits per heavy atom. The van der Waals surface area contributed by atoms with Crippen molar-refractivity contribution in [1.82, 2.24) is 15.0 Å². The highest BCUT2D eigenvalue weighted by atomic mass is 35.5. The number of aromatic nitrogens is 3. The molecular weight excluding hydrogens is 379 g/mol. The lowest BCUT2D eigenvalue weighted by molar-refractivity contribution is 0.631. The predicted octanol–water partition coefficient (Wildman–Crippen LogP) is 4.96. The second-order valence-corrected chi connectivity index (χ2v) is 6.63. The minimum atomic E-state index is -0.406. The first-order valence-electron chi connectivity index (χ1n) is 8.63. The van der Waals surface area contributed by atoms with Gasteiger partial charge in [0.2, 0.25) is 0 Å². The first-order chi connectivity index (χ1) is 13.4. The number of pyridine rings is 1. The smallest absolute Gasteiger partial charge is 0.148 e. The summed E-state index contributed by atoms with van der Waals surface area (Å²) in [6.45, 7) is 7.84. The third kappa shape index (κ3) is 3.95. The molecule has 28 heavy (non-hydrogen) atoms. The van der Waals surface area contributed by atoms with E-state index in [0.717, 1.165) is 16.7 Å². The van der Waals surface area contributed by atoms with E-state index in [1.54, 1.807) is 18.3 Å². The van der Waals surface area contributed by atoms with Crippen LogP contribution >= 0.6 is 11.6 Å². The van der Waals surface area contributed by atoms with E-state index in [9.17, 15) is 4.39 Å². The van der Waals surface area contributed by atoms with Crippen LogP contribution in [0.1, 0.15) is 25.0 Å². The first-order valence-corrected chi connectivity index (χ1v) is 9.01. The van der Waals surface area contributed by atoms with Crippen LogP contribution in [-0.4, -0.2) is 15.0 Å². The molecule has 0 saturated carbocycles. The van der Waals surface area contributed by atoms with Crippen LogP contribution in [0.25, 0.3) is 16.8 Å². The van der Waals surface area contributed by atoms with Crippen molar-refractivity contribution in [3.8, 4) is 11.3 Å². The van der Waals surface area contributed by atoms with Gasteiger partial charge in [0.05, 0.1) is 11.4 Å². The van der Waals surface area contributed by atoms with Crippen LogP contribution in [0.4, 0.5) is 21.7 Å². The van der Waals surface area contributed by atoms with Crippen LogP contribution in [0.3, 0.4) is 0 Å². The van der Waals surface area contributed by atoms with Gasteiger partial charge in [0.1, 0.15) is 23.8 Å². The van der Waals surface area contributed by atoms with E-state index in [-0.39, 0.29) is 0 Å². The van der Waals surface area contributed by atoms with Crippen molar-refractivity contribution in [1.29, 1.82) is 0 Å². The van der Waals surface area contributed by atoms with E-state index < -0.39 is 5.82 Å². The summed E-state index contributed by atoms with van der Waals surface area (Å²) in [5.41, 5.74) is 6.43. The fourth-order valence-electron chi connectivity index (χ4n) is 2.85. The molecule has 0 amide bonds. The van der Waals surface area contributed by atoms with Gasteiger partial charge >= 0.3 is 0 Å². The lowest BCUT2D eigenvalue weighted by Gasteiger charge is -2.16. The number of anilines is 3. The van der Waals surface area contributed by atoms with Crippen molar-refractivity contribution >= 4 is 34.5 Å². The highest BCUT2D eigenvalue weighted by Gasteiger charge is 2.15. The fraction of sp³-hybridized carbons (Fsp3) is 0.150. The minimum absolute atomic E-state index is 0.312. The SMILES string of the molecule is C=C(C)c1cnc(-c2cc(Cl)ccc2F)cc1Nc1ncnc(NN)c1CC. The number of rotatable bonds is 6. The highest BCUT2D eigenvalue weighted by molar-refractivity contribution is 6.30. The molecule has 2 heterocycles. The second-order valence-electron chi connectivity index (χ2n) is 6.19. The van der Waals surface area contributed by atoms with Gasteiger partial charge in [0.25, 0.3) is 0 Å². The Bertz CT molecular complexity index is 1040. The molecule has 3 aromatic rings. The van der Waals surface area contributed by atoms with Crippen LogP contribution in [0.5, 0.6) is 0 Å². The number of nitrogens with two attached hydrogens (primary N) is 1. The minimum Gasteiger partial charge on any atom is -0.339 e. The molecule has 2 aromatic heterocycles. The van der Waals surface area contributed by atoms with Gasteiger partial charge in [-0.05, 0) is 43.2 Å². The average Bonchev–Trinajstić information content (AvgIpc) is 2.69. The van der Waals surface area contributed by atoms with E-state index in [0.29, 0.717) is 40.0 Å². The van der Waals surface area contributed by atoms with E-state index in [1.807, 2.05) is 13.8 Å². The van der Waals surface area contributed by atoms with Gasteiger partial charge in [-0.2, -0.15) is 0 Å². The Hall–Kier alpha value is -3.03. The normalized spacial score (nSPS) is 10.6. The number of benzene rings is 1. The molecule has 6 nitrogen and oxygen atoms in total. The monoisotopic (exact) mass is 398 g/mol. The molecule has 0 saturated heterocycles. The Morgan fingerprint density at radius 1 is 1.21 bits per heavy atom. The summed E-state index contributed by atoms with van der Waals surface area (Å²) in [5.74, 6) is 6.27. The van der Waals surface area contributed by atoms with E-state index >= 15 is 0 Å². The summed E-state index contributed by atoms with van der Waals surface area (Å²) in [4.78, 5) is 12.8.